The zero-order valence-corrected chi connectivity index (χ0v) is 19.5. The summed E-state index contributed by atoms with van der Waals surface area (Å²) in [4.78, 5) is 12.6. The SMILES string of the molecule is C=CCOC(=O)C(=C)[Si]([Si](C)(C)C)([Si](C)(C)C)[Si](C)(C)C. The van der Waals surface area contributed by atoms with E-state index in [2.05, 4.69) is 72.1 Å². The Balaban J connectivity index is 6.24. The van der Waals surface area contributed by atoms with Crippen molar-refractivity contribution in [3.63, 3.8) is 0 Å². The summed E-state index contributed by atoms with van der Waals surface area (Å²) >= 11 is 0. The largest absolute Gasteiger partial charge is 0.458 e. The maximum absolute atomic E-state index is 12.6. The van der Waals surface area contributed by atoms with Crippen molar-refractivity contribution in [1.29, 1.82) is 0 Å². The second-order valence-corrected chi connectivity index (χ2v) is 49.2. The molecule has 2 nitrogen and oxygen atoms in total. The van der Waals surface area contributed by atoms with E-state index in [0.29, 0.717) is 0 Å². The number of hydrogen-bond acceptors (Lipinski definition) is 2. The van der Waals surface area contributed by atoms with E-state index in [1.807, 2.05) is 0 Å². The smallest absolute Gasteiger partial charge is 0.328 e. The number of esters is 1. The van der Waals surface area contributed by atoms with Crippen LogP contribution in [-0.2, 0) is 9.53 Å². The van der Waals surface area contributed by atoms with Gasteiger partial charge in [-0.3, -0.25) is 0 Å². The van der Waals surface area contributed by atoms with Crippen LogP contribution in [0.25, 0.3) is 0 Å². The van der Waals surface area contributed by atoms with Crippen molar-refractivity contribution in [3.8, 4) is 0 Å². The van der Waals surface area contributed by atoms with Crippen molar-refractivity contribution in [2.75, 3.05) is 6.61 Å². The van der Waals surface area contributed by atoms with Crippen molar-refractivity contribution >= 4 is 35.4 Å². The second-order valence-electron chi connectivity index (χ2n) is 8.87. The zero-order chi connectivity index (χ0) is 17.3. The standard InChI is InChI=1S/C15H34O2Si4/c1-12-13-17-15(16)14(2)21(18(3,4)5,19(6,7)8)20(9,10)11/h12H,1-2,13H2,3-11H3. The van der Waals surface area contributed by atoms with Crippen LogP contribution in [0.5, 0.6) is 0 Å². The fourth-order valence-corrected chi connectivity index (χ4v) is 105. The number of ether oxygens (including phenoxy) is 1. The van der Waals surface area contributed by atoms with E-state index in [4.69, 9.17) is 4.74 Å². The molecule has 0 aliphatic carbocycles. The molecule has 0 aromatic rings. The molecule has 0 saturated heterocycles. The number of carbonyl (C=O) groups excluding carboxylic acids is 1. The molecule has 0 heterocycles. The molecule has 0 rings (SSSR count). The molecule has 0 bridgehead atoms. The van der Waals surface area contributed by atoms with Gasteiger partial charge in [0.25, 0.3) is 0 Å². The van der Waals surface area contributed by atoms with E-state index < -0.39 is 29.4 Å². The Hall–Kier alpha value is -0.182. The lowest BCUT2D eigenvalue weighted by Gasteiger charge is -2.57. The van der Waals surface area contributed by atoms with Gasteiger partial charge in [-0.1, -0.05) is 78.2 Å². The average molecular weight is 359 g/mol. The van der Waals surface area contributed by atoms with Crippen LogP contribution in [0, 0.1) is 0 Å². The van der Waals surface area contributed by atoms with Crippen molar-refractivity contribution in [1.82, 2.24) is 0 Å². The van der Waals surface area contributed by atoms with Crippen LogP contribution in [0.1, 0.15) is 0 Å². The summed E-state index contributed by atoms with van der Waals surface area (Å²) < 4.78 is 5.39. The van der Waals surface area contributed by atoms with Gasteiger partial charge in [0.1, 0.15) is 6.61 Å². The lowest BCUT2D eigenvalue weighted by Crippen LogP contribution is -2.84. The first kappa shape index (κ1) is 20.8. The molecule has 0 aromatic carbocycles. The van der Waals surface area contributed by atoms with E-state index in [9.17, 15) is 4.79 Å². The predicted molar refractivity (Wildman–Crippen MR) is 106 cm³/mol. The van der Waals surface area contributed by atoms with Gasteiger partial charge in [0.05, 0.1) is 6.63 Å². The Labute approximate surface area is 135 Å². The molecule has 0 amide bonds. The molecule has 21 heavy (non-hydrogen) atoms. The first-order chi connectivity index (χ1) is 9.14. The Bertz CT molecular complexity index is 386. The zero-order valence-electron chi connectivity index (χ0n) is 15.5. The fraction of sp³-hybridized carbons (Fsp3) is 0.667. The van der Waals surface area contributed by atoms with Crippen molar-refractivity contribution < 1.29 is 9.53 Å². The van der Waals surface area contributed by atoms with Gasteiger partial charge in [-0.25, -0.2) is 4.79 Å². The predicted octanol–water partition coefficient (Wildman–Crippen LogP) is 4.51. The van der Waals surface area contributed by atoms with E-state index in [0.717, 1.165) is 5.20 Å². The number of rotatable bonds is 7. The quantitative estimate of drug-likeness (QED) is 0.290. The average Bonchev–Trinajstić information content (AvgIpc) is 2.19. The molecule has 0 aromatic heterocycles. The molecule has 0 fully saturated rings. The highest BCUT2D eigenvalue weighted by atomic mass is 29.9. The van der Waals surface area contributed by atoms with E-state index in [1.54, 1.807) is 6.08 Å². The Morgan fingerprint density at radius 1 is 0.905 bits per heavy atom. The van der Waals surface area contributed by atoms with Gasteiger partial charge in [0.2, 0.25) is 0 Å². The highest BCUT2D eigenvalue weighted by Gasteiger charge is 2.64. The minimum absolute atomic E-state index is 0.158. The van der Waals surface area contributed by atoms with E-state index in [-0.39, 0.29) is 12.6 Å². The van der Waals surface area contributed by atoms with Crippen molar-refractivity contribution in [3.05, 3.63) is 24.4 Å². The summed E-state index contributed by atoms with van der Waals surface area (Å²) in [5.41, 5.74) is 0. The van der Waals surface area contributed by atoms with Crippen LogP contribution < -0.4 is 0 Å². The third kappa shape index (κ3) is 3.78. The highest BCUT2D eigenvalue weighted by Crippen LogP contribution is 2.41. The molecule has 0 aliphatic heterocycles. The van der Waals surface area contributed by atoms with Crippen LogP contribution in [0.3, 0.4) is 0 Å². The molecular weight excluding hydrogens is 325 g/mol. The van der Waals surface area contributed by atoms with Gasteiger partial charge in [-0.2, -0.15) is 0 Å². The minimum atomic E-state index is -1.90. The molecule has 122 valence electrons. The lowest BCUT2D eigenvalue weighted by molar-refractivity contribution is -0.137. The van der Waals surface area contributed by atoms with Crippen LogP contribution >= 0.6 is 0 Å². The first-order valence-electron chi connectivity index (χ1n) is 7.62. The molecule has 0 radical (unpaired) electrons. The van der Waals surface area contributed by atoms with Gasteiger partial charge in [-0.15, -0.1) is 0 Å². The maximum Gasteiger partial charge on any atom is 0.328 e. The third-order valence-electron chi connectivity index (χ3n) is 4.41. The summed E-state index contributed by atoms with van der Waals surface area (Å²) in [5, 5.41) is 0.877. The van der Waals surface area contributed by atoms with Gasteiger partial charge in [0, 0.05) is 28.0 Å². The summed E-state index contributed by atoms with van der Waals surface area (Å²) in [6, 6.07) is 0. The fourth-order valence-electron chi connectivity index (χ4n) is 5.11. The lowest BCUT2D eigenvalue weighted by atomic mass is 10.6. The molecular formula is C15H34O2Si4. The van der Waals surface area contributed by atoms with Crippen LogP contribution in [-0.4, -0.2) is 42.0 Å². The van der Waals surface area contributed by atoms with Crippen LogP contribution in [0.15, 0.2) is 24.4 Å². The molecule has 0 aliphatic rings. The third-order valence-corrected chi connectivity index (χ3v) is 75.7. The molecule has 0 saturated carbocycles. The van der Waals surface area contributed by atoms with Gasteiger partial charge >= 0.3 is 5.97 Å². The Morgan fingerprint density at radius 3 is 1.48 bits per heavy atom. The van der Waals surface area contributed by atoms with Gasteiger partial charge in [0.15, 0.2) is 0 Å². The van der Waals surface area contributed by atoms with Crippen molar-refractivity contribution in [2.45, 2.75) is 58.9 Å². The Kier molecular flexibility index (Phi) is 6.46. The number of hydrogen-bond donors (Lipinski definition) is 0. The second kappa shape index (κ2) is 6.52. The monoisotopic (exact) mass is 358 g/mol. The summed E-state index contributed by atoms with van der Waals surface area (Å²) in [5.74, 6) is -0.158. The molecule has 0 spiro atoms. The van der Waals surface area contributed by atoms with Crippen LogP contribution in [0.4, 0.5) is 0 Å². The normalized spacial score (nSPS) is 13.8. The summed E-state index contributed by atoms with van der Waals surface area (Å²) in [7, 11) is -4.61. The molecule has 0 N–H and O–H groups in total. The topological polar surface area (TPSA) is 26.3 Å². The first-order valence-corrected chi connectivity index (χ1v) is 23.1. The highest BCUT2D eigenvalue weighted by molar-refractivity contribution is 7.91. The van der Waals surface area contributed by atoms with Gasteiger partial charge < -0.3 is 4.74 Å². The van der Waals surface area contributed by atoms with E-state index in [1.165, 1.54) is 0 Å². The van der Waals surface area contributed by atoms with Crippen LogP contribution in [0.2, 0.25) is 58.9 Å². The minimum Gasteiger partial charge on any atom is -0.458 e. The van der Waals surface area contributed by atoms with Gasteiger partial charge in [-0.05, 0) is 0 Å². The Morgan fingerprint density at radius 2 is 1.24 bits per heavy atom. The molecule has 6 heteroatoms. The molecule has 0 atom stereocenters. The molecule has 0 unspecified atom stereocenters. The maximum atomic E-state index is 12.6. The summed E-state index contributed by atoms with van der Waals surface area (Å²) in [6.45, 7) is 28.4. The summed E-state index contributed by atoms with van der Waals surface area (Å²) in [6.07, 6.45) is 1.63. The van der Waals surface area contributed by atoms with E-state index >= 15 is 0 Å². The number of carbonyl (C=O) groups is 1. The van der Waals surface area contributed by atoms with Crippen molar-refractivity contribution in [2.24, 2.45) is 0 Å².